The van der Waals surface area contributed by atoms with Gasteiger partial charge in [0, 0.05) is 11.1 Å². The van der Waals surface area contributed by atoms with Gasteiger partial charge in [-0.3, -0.25) is 0 Å². The first-order chi connectivity index (χ1) is 12.1. The number of hydrogen-bond acceptors (Lipinski definition) is 0. The first-order valence-electron chi connectivity index (χ1n) is 8.35. The van der Waals surface area contributed by atoms with E-state index in [0.29, 0.717) is 11.1 Å². The molecule has 0 radical (unpaired) electrons. The molecule has 0 aliphatic carbocycles. The highest BCUT2D eigenvalue weighted by molar-refractivity contribution is 5.72. The number of rotatable bonds is 5. The molecule has 0 spiro atoms. The maximum absolute atomic E-state index is 14.6. The fourth-order valence-electron chi connectivity index (χ4n) is 2.85. The van der Waals surface area contributed by atoms with Crippen LogP contribution in [0.5, 0.6) is 0 Å². The van der Waals surface area contributed by atoms with E-state index in [4.69, 9.17) is 0 Å². The Morgan fingerprint density at radius 3 is 1.72 bits per heavy atom. The van der Waals surface area contributed by atoms with E-state index in [0.717, 1.165) is 24.0 Å². The molecular formula is C23H20F2. The number of hydrogen-bond donors (Lipinski definition) is 0. The van der Waals surface area contributed by atoms with Crippen LogP contribution in [0.2, 0.25) is 0 Å². The van der Waals surface area contributed by atoms with Gasteiger partial charge in [0.25, 0.3) is 0 Å². The molecule has 0 saturated heterocycles. The van der Waals surface area contributed by atoms with E-state index in [2.05, 4.69) is 6.58 Å². The summed E-state index contributed by atoms with van der Waals surface area (Å²) >= 11 is 0. The summed E-state index contributed by atoms with van der Waals surface area (Å²) in [7, 11) is 0. The second-order valence-corrected chi connectivity index (χ2v) is 6.18. The molecule has 0 aliphatic heterocycles. The standard InChI is InChI=1S/C23H20F2/c1-3-4-5-17-8-12-19(13-9-17)21-15-14-20(22(24)23(21)25)18-10-6-16(2)7-11-18/h3,6-15H,1,4-5H2,2H3. The van der Waals surface area contributed by atoms with Crippen LogP contribution < -0.4 is 0 Å². The molecule has 25 heavy (non-hydrogen) atoms. The fourth-order valence-corrected chi connectivity index (χ4v) is 2.85. The lowest BCUT2D eigenvalue weighted by molar-refractivity contribution is 0.514. The van der Waals surface area contributed by atoms with Crippen molar-refractivity contribution >= 4 is 0 Å². The highest BCUT2D eigenvalue weighted by Crippen LogP contribution is 2.31. The molecule has 0 aromatic heterocycles. The van der Waals surface area contributed by atoms with Crippen molar-refractivity contribution in [2.24, 2.45) is 0 Å². The van der Waals surface area contributed by atoms with E-state index in [9.17, 15) is 8.78 Å². The molecule has 126 valence electrons. The Morgan fingerprint density at radius 1 is 0.760 bits per heavy atom. The third-order valence-corrected chi connectivity index (χ3v) is 4.35. The molecule has 0 heterocycles. The first kappa shape index (κ1) is 17.1. The van der Waals surface area contributed by atoms with Crippen molar-refractivity contribution in [3.63, 3.8) is 0 Å². The van der Waals surface area contributed by atoms with Crippen LogP contribution in [0, 0.1) is 18.6 Å². The molecule has 0 saturated carbocycles. The van der Waals surface area contributed by atoms with E-state index in [-0.39, 0.29) is 11.1 Å². The molecule has 3 aromatic carbocycles. The zero-order chi connectivity index (χ0) is 17.8. The molecule has 0 fully saturated rings. The van der Waals surface area contributed by atoms with Gasteiger partial charge in [-0.1, -0.05) is 72.3 Å². The van der Waals surface area contributed by atoms with Gasteiger partial charge in [-0.25, -0.2) is 8.78 Å². The van der Waals surface area contributed by atoms with Gasteiger partial charge in [0.2, 0.25) is 0 Å². The Hall–Kier alpha value is -2.74. The van der Waals surface area contributed by atoms with E-state index in [1.165, 1.54) is 0 Å². The van der Waals surface area contributed by atoms with Gasteiger partial charge in [0.15, 0.2) is 11.6 Å². The minimum atomic E-state index is -0.808. The second kappa shape index (κ2) is 7.43. The Balaban J connectivity index is 1.94. The SMILES string of the molecule is C=CCCc1ccc(-c2ccc(-c3ccc(C)cc3)c(F)c2F)cc1. The molecule has 0 N–H and O–H groups in total. The molecule has 0 aliphatic rings. The largest absolute Gasteiger partial charge is 0.203 e. The van der Waals surface area contributed by atoms with Crippen LogP contribution in [0.4, 0.5) is 8.78 Å². The molecule has 2 heteroatoms. The van der Waals surface area contributed by atoms with Gasteiger partial charge >= 0.3 is 0 Å². The van der Waals surface area contributed by atoms with Crippen molar-refractivity contribution in [3.8, 4) is 22.3 Å². The van der Waals surface area contributed by atoms with E-state index < -0.39 is 11.6 Å². The predicted octanol–water partition coefficient (Wildman–Crippen LogP) is 6.73. The quantitative estimate of drug-likeness (QED) is 0.454. The average Bonchev–Trinajstić information content (AvgIpc) is 2.64. The Bertz CT molecular complexity index is 875. The number of aryl methyl sites for hydroxylation is 2. The number of halogens is 2. The minimum Gasteiger partial charge on any atom is -0.203 e. The van der Waals surface area contributed by atoms with Crippen molar-refractivity contribution in [2.75, 3.05) is 0 Å². The summed E-state index contributed by atoms with van der Waals surface area (Å²) in [6, 6.07) is 18.3. The van der Waals surface area contributed by atoms with Gasteiger partial charge in [-0.05, 0) is 36.5 Å². The zero-order valence-corrected chi connectivity index (χ0v) is 14.2. The van der Waals surface area contributed by atoms with Crippen LogP contribution in [0.15, 0.2) is 73.3 Å². The summed E-state index contributed by atoms with van der Waals surface area (Å²) in [5.41, 5.74) is 4.15. The maximum Gasteiger partial charge on any atom is 0.167 e. The normalized spacial score (nSPS) is 10.7. The molecule has 3 aromatic rings. The third-order valence-electron chi connectivity index (χ3n) is 4.35. The third kappa shape index (κ3) is 3.69. The van der Waals surface area contributed by atoms with E-state index in [1.807, 2.05) is 49.4 Å². The fraction of sp³-hybridized carbons (Fsp3) is 0.130. The Morgan fingerprint density at radius 2 is 1.24 bits per heavy atom. The molecule has 3 rings (SSSR count). The van der Waals surface area contributed by atoms with E-state index >= 15 is 0 Å². The average molecular weight is 334 g/mol. The monoisotopic (exact) mass is 334 g/mol. The molecule has 0 bridgehead atoms. The Labute approximate surface area is 147 Å². The molecular weight excluding hydrogens is 314 g/mol. The summed E-state index contributed by atoms with van der Waals surface area (Å²) in [4.78, 5) is 0. The number of benzene rings is 3. The first-order valence-corrected chi connectivity index (χ1v) is 8.35. The van der Waals surface area contributed by atoms with Gasteiger partial charge in [-0.15, -0.1) is 6.58 Å². The van der Waals surface area contributed by atoms with Crippen molar-refractivity contribution in [3.05, 3.63) is 96.1 Å². The van der Waals surface area contributed by atoms with Gasteiger partial charge in [0.05, 0.1) is 0 Å². The lowest BCUT2D eigenvalue weighted by Crippen LogP contribution is -1.94. The van der Waals surface area contributed by atoms with Crippen molar-refractivity contribution in [1.29, 1.82) is 0 Å². The van der Waals surface area contributed by atoms with Crippen LogP contribution in [-0.4, -0.2) is 0 Å². The maximum atomic E-state index is 14.6. The van der Waals surface area contributed by atoms with Crippen LogP contribution in [0.3, 0.4) is 0 Å². The minimum absolute atomic E-state index is 0.281. The Kier molecular flexibility index (Phi) is 5.08. The molecule has 0 unspecified atom stereocenters. The smallest absolute Gasteiger partial charge is 0.167 e. The van der Waals surface area contributed by atoms with Gasteiger partial charge in [0.1, 0.15) is 0 Å². The predicted molar refractivity (Wildman–Crippen MR) is 100 cm³/mol. The molecule has 0 atom stereocenters. The molecule has 0 amide bonds. The number of allylic oxidation sites excluding steroid dienone is 1. The highest BCUT2D eigenvalue weighted by atomic mass is 19.2. The lowest BCUT2D eigenvalue weighted by Gasteiger charge is -2.10. The van der Waals surface area contributed by atoms with Crippen LogP contribution in [0.1, 0.15) is 17.5 Å². The summed E-state index contributed by atoms with van der Waals surface area (Å²) in [6.07, 6.45) is 3.66. The molecule has 0 nitrogen and oxygen atoms in total. The summed E-state index contributed by atoms with van der Waals surface area (Å²) in [6.45, 7) is 5.67. The van der Waals surface area contributed by atoms with Crippen molar-refractivity contribution < 1.29 is 8.78 Å². The van der Waals surface area contributed by atoms with E-state index in [1.54, 1.807) is 24.3 Å². The van der Waals surface area contributed by atoms with Crippen molar-refractivity contribution in [2.45, 2.75) is 19.8 Å². The van der Waals surface area contributed by atoms with Crippen LogP contribution >= 0.6 is 0 Å². The lowest BCUT2D eigenvalue weighted by atomic mass is 9.97. The highest BCUT2D eigenvalue weighted by Gasteiger charge is 2.15. The summed E-state index contributed by atoms with van der Waals surface area (Å²) in [5.74, 6) is -1.62. The second-order valence-electron chi connectivity index (χ2n) is 6.18. The van der Waals surface area contributed by atoms with Crippen LogP contribution in [-0.2, 0) is 6.42 Å². The summed E-state index contributed by atoms with van der Waals surface area (Å²) < 4.78 is 29.2. The van der Waals surface area contributed by atoms with Crippen molar-refractivity contribution in [1.82, 2.24) is 0 Å². The van der Waals surface area contributed by atoms with Crippen LogP contribution in [0.25, 0.3) is 22.3 Å². The summed E-state index contributed by atoms with van der Waals surface area (Å²) in [5, 5.41) is 0. The topological polar surface area (TPSA) is 0 Å². The van der Waals surface area contributed by atoms with Gasteiger partial charge < -0.3 is 0 Å². The zero-order valence-electron chi connectivity index (χ0n) is 14.2. The van der Waals surface area contributed by atoms with Gasteiger partial charge in [-0.2, -0.15) is 0 Å².